The van der Waals surface area contributed by atoms with Crippen LogP contribution in [0.3, 0.4) is 0 Å². The largest absolute Gasteiger partial charge is 0.497 e. The summed E-state index contributed by atoms with van der Waals surface area (Å²) in [6.45, 7) is 4.55. The van der Waals surface area contributed by atoms with Gasteiger partial charge in [-0.05, 0) is 18.6 Å². The highest BCUT2D eigenvalue weighted by atomic mass is 79.9. The molecule has 1 aromatic carbocycles. The molecule has 1 aromatic rings. The lowest BCUT2D eigenvalue weighted by molar-refractivity contribution is 0.141. The Balaban J connectivity index is 2.28. The quantitative estimate of drug-likeness (QED) is 0.743. The molecule has 0 aliphatic carbocycles. The molecule has 4 heteroatoms. The van der Waals surface area contributed by atoms with Crippen LogP contribution in [0.5, 0.6) is 5.75 Å². The van der Waals surface area contributed by atoms with Gasteiger partial charge in [0, 0.05) is 29.4 Å². The van der Waals surface area contributed by atoms with Gasteiger partial charge < -0.3 is 14.8 Å². The summed E-state index contributed by atoms with van der Waals surface area (Å²) in [5.74, 6) is 0.841. The predicted molar refractivity (Wildman–Crippen MR) is 74.9 cm³/mol. The zero-order valence-corrected chi connectivity index (χ0v) is 12.0. The maximum Gasteiger partial charge on any atom is 0.122 e. The van der Waals surface area contributed by atoms with Crippen molar-refractivity contribution >= 4 is 21.6 Å². The van der Waals surface area contributed by atoms with E-state index in [1.165, 1.54) is 6.42 Å². The number of nitrogens with one attached hydrogen (secondary N) is 1. The summed E-state index contributed by atoms with van der Waals surface area (Å²) in [6, 6.07) is 5.92. The second-order valence-electron chi connectivity index (χ2n) is 3.77. The van der Waals surface area contributed by atoms with E-state index in [4.69, 9.17) is 9.47 Å². The first-order valence-electron chi connectivity index (χ1n) is 5.92. The molecule has 0 aromatic heterocycles. The summed E-state index contributed by atoms with van der Waals surface area (Å²) in [5.41, 5.74) is 1.04. The van der Waals surface area contributed by atoms with E-state index in [1.807, 2.05) is 18.2 Å². The number of benzene rings is 1. The van der Waals surface area contributed by atoms with Crippen LogP contribution >= 0.6 is 15.9 Å². The van der Waals surface area contributed by atoms with Gasteiger partial charge in [-0.3, -0.25) is 0 Å². The van der Waals surface area contributed by atoms with Crippen LogP contribution in [0, 0.1) is 0 Å². The molecule has 0 unspecified atom stereocenters. The molecule has 0 amide bonds. The molecular formula is C13H20BrNO2. The summed E-state index contributed by atoms with van der Waals surface area (Å²) in [7, 11) is 1.67. The minimum Gasteiger partial charge on any atom is -0.497 e. The molecule has 3 nitrogen and oxygen atoms in total. The zero-order valence-electron chi connectivity index (χ0n) is 10.5. The fourth-order valence-electron chi connectivity index (χ4n) is 1.40. The summed E-state index contributed by atoms with van der Waals surface area (Å²) in [5, 5.41) is 3.30. The molecule has 0 spiro atoms. The third-order valence-corrected chi connectivity index (χ3v) is 2.78. The van der Waals surface area contributed by atoms with Gasteiger partial charge in [-0.1, -0.05) is 29.3 Å². The Morgan fingerprint density at radius 2 is 2.06 bits per heavy atom. The fourth-order valence-corrected chi connectivity index (χ4v) is 1.87. The molecule has 96 valence electrons. The zero-order chi connectivity index (χ0) is 12.5. The lowest BCUT2D eigenvalue weighted by Crippen LogP contribution is -2.10. The molecular weight excluding hydrogens is 282 g/mol. The highest BCUT2D eigenvalue weighted by molar-refractivity contribution is 9.10. The number of ether oxygens (including phenoxy) is 2. The van der Waals surface area contributed by atoms with Crippen LogP contribution < -0.4 is 10.1 Å². The topological polar surface area (TPSA) is 30.5 Å². The van der Waals surface area contributed by atoms with Crippen LogP contribution in [0.25, 0.3) is 0 Å². The van der Waals surface area contributed by atoms with E-state index in [0.717, 1.165) is 42.1 Å². The number of rotatable bonds is 8. The van der Waals surface area contributed by atoms with Gasteiger partial charge in [-0.2, -0.15) is 0 Å². The van der Waals surface area contributed by atoms with Crippen molar-refractivity contribution < 1.29 is 9.47 Å². The Morgan fingerprint density at radius 1 is 1.24 bits per heavy atom. The maximum absolute atomic E-state index is 5.48. The number of methoxy groups -OCH3 is 1. The summed E-state index contributed by atoms with van der Waals surface area (Å²) in [4.78, 5) is 0. The number of hydrogen-bond acceptors (Lipinski definition) is 3. The second kappa shape index (κ2) is 8.37. The van der Waals surface area contributed by atoms with Crippen LogP contribution in [0.1, 0.15) is 19.8 Å². The van der Waals surface area contributed by atoms with Crippen LogP contribution in [0.15, 0.2) is 22.7 Å². The normalized spacial score (nSPS) is 10.3. The minimum atomic E-state index is 0.731. The van der Waals surface area contributed by atoms with Crippen molar-refractivity contribution in [1.29, 1.82) is 0 Å². The van der Waals surface area contributed by atoms with E-state index in [9.17, 15) is 0 Å². The van der Waals surface area contributed by atoms with Gasteiger partial charge in [-0.15, -0.1) is 0 Å². The van der Waals surface area contributed by atoms with Crippen molar-refractivity contribution in [3.05, 3.63) is 22.7 Å². The van der Waals surface area contributed by atoms with E-state index in [-0.39, 0.29) is 0 Å². The van der Waals surface area contributed by atoms with E-state index in [2.05, 4.69) is 28.2 Å². The van der Waals surface area contributed by atoms with E-state index in [1.54, 1.807) is 7.11 Å². The first-order chi connectivity index (χ1) is 8.26. The first kappa shape index (κ1) is 14.3. The first-order valence-corrected chi connectivity index (χ1v) is 6.71. The molecule has 1 N–H and O–H groups in total. The van der Waals surface area contributed by atoms with Gasteiger partial charge in [0.15, 0.2) is 0 Å². The average Bonchev–Trinajstić information content (AvgIpc) is 2.33. The third-order valence-electron chi connectivity index (χ3n) is 2.32. The molecule has 0 saturated heterocycles. The van der Waals surface area contributed by atoms with Crippen molar-refractivity contribution in [2.45, 2.75) is 19.8 Å². The SMILES string of the molecule is CCCCOCCNc1cc(Br)cc(OC)c1. The number of halogens is 1. The molecule has 0 bridgehead atoms. The smallest absolute Gasteiger partial charge is 0.122 e. The van der Waals surface area contributed by atoms with Crippen molar-refractivity contribution in [1.82, 2.24) is 0 Å². The second-order valence-corrected chi connectivity index (χ2v) is 4.69. The summed E-state index contributed by atoms with van der Waals surface area (Å²) >= 11 is 3.45. The van der Waals surface area contributed by atoms with Gasteiger partial charge in [0.25, 0.3) is 0 Å². The number of hydrogen-bond donors (Lipinski definition) is 1. The summed E-state index contributed by atoms with van der Waals surface area (Å²) < 4.78 is 11.7. The lowest BCUT2D eigenvalue weighted by Gasteiger charge is -2.09. The van der Waals surface area contributed by atoms with Gasteiger partial charge in [0.2, 0.25) is 0 Å². The van der Waals surface area contributed by atoms with Crippen molar-refractivity contribution in [3.8, 4) is 5.75 Å². The van der Waals surface area contributed by atoms with Crippen molar-refractivity contribution in [3.63, 3.8) is 0 Å². The average molecular weight is 302 g/mol. The molecule has 0 aliphatic heterocycles. The fraction of sp³-hybridized carbons (Fsp3) is 0.538. The summed E-state index contributed by atoms with van der Waals surface area (Å²) in [6.07, 6.45) is 2.31. The van der Waals surface area contributed by atoms with Crippen LogP contribution in [-0.4, -0.2) is 26.9 Å². The number of unbranched alkanes of at least 4 members (excludes halogenated alkanes) is 1. The lowest BCUT2D eigenvalue weighted by atomic mass is 10.3. The minimum absolute atomic E-state index is 0.731. The Kier molecular flexibility index (Phi) is 7.05. The van der Waals surface area contributed by atoms with Gasteiger partial charge in [0.1, 0.15) is 5.75 Å². The van der Waals surface area contributed by atoms with E-state index < -0.39 is 0 Å². The number of anilines is 1. The highest BCUT2D eigenvalue weighted by Crippen LogP contribution is 2.24. The Morgan fingerprint density at radius 3 is 2.76 bits per heavy atom. The standard InChI is InChI=1S/C13H20BrNO2/c1-3-4-6-17-7-5-15-12-8-11(14)9-13(10-12)16-2/h8-10,15H,3-7H2,1-2H3. The maximum atomic E-state index is 5.48. The Labute approximate surface area is 112 Å². The molecule has 0 aliphatic rings. The van der Waals surface area contributed by atoms with Crippen LogP contribution in [0.4, 0.5) is 5.69 Å². The Bertz CT molecular complexity index is 331. The van der Waals surface area contributed by atoms with Crippen LogP contribution in [0.2, 0.25) is 0 Å². The van der Waals surface area contributed by atoms with Gasteiger partial charge in [-0.25, -0.2) is 0 Å². The molecule has 17 heavy (non-hydrogen) atoms. The predicted octanol–water partition coefficient (Wildman–Crippen LogP) is 3.69. The van der Waals surface area contributed by atoms with E-state index in [0.29, 0.717) is 0 Å². The molecule has 0 saturated carbocycles. The third kappa shape index (κ3) is 5.94. The van der Waals surface area contributed by atoms with Gasteiger partial charge >= 0.3 is 0 Å². The molecule has 0 fully saturated rings. The van der Waals surface area contributed by atoms with Crippen LogP contribution in [-0.2, 0) is 4.74 Å². The van der Waals surface area contributed by atoms with Crippen molar-refractivity contribution in [2.75, 3.05) is 32.2 Å². The van der Waals surface area contributed by atoms with Gasteiger partial charge in [0.05, 0.1) is 13.7 Å². The highest BCUT2D eigenvalue weighted by Gasteiger charge is 1.98. The molecule has 0 heterocycles. The molecule has 1 rings (SSSR count). The monoisotopic (exact) mass is 301 g/mol. The van der Waals surface area contributed by atoms with Crippen molar-refractivity contribution in [2.24, 2.45) is 0 Å². The molecule has 0 radical (unpaired) electrons. The molecule has 0 atom stereocenters. The van der Waals surface area contributed by atoms with E-state index >= 15 is 0 Å². The Hall–Kier alpha value is -0.740.